The fraction of sp³-hybridized carbons (Fsp3) is 0.944. The van der Waals surface area contributed by atoms with Crippen molar-refractivity contribution in [3.05, 3.63) is 0 Å². The molecule has 20 heavy (non-hydrogen) atoms. The number of hydrogen-bond donors (Lipinski definition) is 1. The molecule has 0 saturated carbocycles. The molecule has 2 nitrogen and oxygen atoms in total. The standard InChI is InChI=1S/C18H36O2/c1-4-16(2)12-9-7-10-14-17(3)13-8-5-6-11-15-18(19)20/h16-17H,4-15H2,1-3H3,(H,19,20). The molecular weight excluding hydrogens is 248 g/mol. The minimum atomic E-state index is -0.657. The minimum Gasteiger partial charge on any atom is -0.481 e. The van der Waals surface area contributed by atoms with Crippen molar-refractivity contribution in [2.45, 2.75) is 97.8 Å². The number of aliphatic carboxylic acids is 1. The summed E-state index contributed by atoms with van der Waals surface area (Å²) in [6.07, 6.45) is 14.3. The van der Waals surface area contributed by atoms with Crippen LogP contribution in [-0.4, -0.2) is 11.1 Å². The van der Waals surface area contributed by atoms with Crippen LogP contribution in [0.15, 0.2) is 0 Å². The van der Waals surface area contributed by atoms with E-state index in [-0.39, 0.29) is 0 Å². The quantitative estimate of drug-likeness (QED) is 0.394. The molecule has 120 valence electrons. The Kier molecular flexibility index (Phi) is 13.1. The lowest BCUT2D eigenvalue weighted by molar-refractivity contribution is -0.137. The fourth-order valence-electron chi connectivity index (χ4n) is 2.63. The average Bonchev–Trinajstić information content (AvgIpc) is 2.41. The van der Waals surface area contributed by atoms with Gasteiger partial charge in [-0.15, -0.1) is 0 Å². The molecule has 2 atom stereocenters. The largest absolute Gasteiger partial charge is 0.481 e. The molecule has 0 rings (SSSR count). The summed E-state index contributed by atoms with van der Waals surface area (Å²) in [4.78, 5) is 10.4. The van der Waals surface area contributed by atoms with Crippen molar-refractivity contribution in [2.24, 2.45) is 11.8 Å². The Morgan fingerprint density at radius 3 is 1.75 bits per heavy atom. The van der Waals surface area contributed by atoms with Gasteiger partial charge in [-0.05, 0) is 18.3 Å². The first-order chi connectivity index (χ1) is 9.56. The highest BCUT2D eigenvalue weighted by Crippen LogP contribution is 2.19. The number of carboxylic acids is 1. The molecule has 0 bridgehead atoms. The van der Waals surface area contributed by atoms with Gasteiger partial charge < -0.3 is 5.11 Å². The van der Waals surface area contributed by atoms with Gasteiger partial charge in [0, 0.05) is 6.42 Å². The Bertz CT molecular complexity index is 225. The van der Waals surface area contributed by atoms with Crippen LogP contribution in [0.5, 0.6) is 0 Å². The SMILES string of the molecule is CCC(C)CCCCCC(C)CCCCCCC(=O)O. The molecule has 0 aliphatic heterocycles. The van der Waals surface area contributed by atoms with Crippen LogP contribution in [0.2, 0.25) is 0 Å². The monoisotopic (exact) mass is 284 g/mol. The van der Waals surface area contributed by atoms with Crippen molar-refractivity contribution < 1.29 is 9.90 Å². The summed E-state index contributed by atoms with van der Waals surface area (Å²) in [6.45, 7) is 7.00. The van der Waals surface area contributed by atoms with Crippen LogP contribution in [0.4, 0.5) is 0 Å². The van der Waals surface area contributed by atoms with Gasteiger partial charge in [0.25, 0.3) is 0 Å². The molecule has 0 saturated heterocycles. The predicted octanol–water partition coefficient (Wildman–Crippen LogP) is 6.04. The third kappa shape index (κ3) is 13.9. The van der Waals surface area contributed by atoms with Crippen molar-refractivity contribution in [2.75, 3.05) is 0 Å². The van der Waals surface area contributed by atoms with Crippen LogP contribution < -0.4 is 0 Å². The normalized spacial score (nSPS) is 14.2. The molecule has 0 aromatic rings. The zero-order valence-corrected chi connectivity index (χ0v) is 14.0. The van der Waals surface area contributed by atoms with E-state index in [1.807, 2.05) is 0 Å². The van der Waals surface area contributed by atoms with Gasteiger partial charge in [0.2, 0.25) is 0 Å². The predicted molar refractivity (Wildman–Crippen MR) is 87.0 cm³/mol. The Hall–Kier alpha value is -0.530. The molecule has 0 aliphatic rings. The second-order valence-electron chi connectivity index (χ2n) is 6.60. The number of carbonyl (C=O) groups is 1. The Morgan fingerprint density at radius 2 is 1.25 bits per heavy atom. The number of carboxylic acid groups (broad SMARTS) is 1. The van der Waals surface area contributed by atoms with Gasteiger partial charge in [0.15, 0.2) is 0 Å². The average molecular weight is 284 g/mol. The van der Waals surface area contributed by atoms with Gasteiger partial charge in [-0.3, -0.25) is 4.79 Å². The van der Waals surface area contributed by atoms with Gasteiger partial charge in [-0.2, -0.15) is 0 Å². The number of rotatable bonds is 14. The van der Waals surface area contributed by atoms with Crippen molar-refractivity contribution in [3.8, 4) is 0 Å². The van der Waals surface area contributed by atoms with Crippen LogP contribution >= 0.6 is 0 Å². The van der Waals surface area contributed by atoms with Crippen LogP contribution in [0.1, 0.15) is 97.8 Å². The molecular formula is C18H36O2. The van der Waals surface area contributed by atoms with Gasteiger partial charge in [-0.1, -0.05) is 85.0 Å². The number of unbranched alkanes of at least 4 members (excludes halogenated alkanes) is 5. The third-order valence-electron chi connectivity index (χ3n) is 4.43. The molecule has 0 fully saturated rings. The molecule has 0 aromatic heterocycles. The van der Waals surface area contributed by atoms with E-state index in [1.165, 1.54) is 57.8 Å². The lowest BCUT2D eigenvalue weighted by Gasteiger charge is -2.12. The molecule has 1 N–H and O–H groups in total. The van der Waals surface area contributed by atoms with E-state index in [1.54, 1.807) is 0 Å². The van der Waals surface area contributed by atoms with Crippen molar-refractivity contribution >= 4 is 5.97 Å². The topological polar surface area (TPSA) is 37.3 Å². The van der Waals surface area contributed by atoms with Crippen molar-refractivity contribution in [1.82, 2.24) is 0 Å². The van der Waals surface area contributed by atoms with E-state index in [9.17, 15) is 4.79 Å². The van der Waals surface area contributed by atoms with Crippen LogP contribution in [-0.2, 0) is 4.79 Å². The van der Waals surface area contributed by atoms with Crippen molar-refractivity contribution in [1.29, 1.82) is 0 Å². The molecule has 0 radical (unpaired) electrons. The first kappa shape index (κ1) is 19.5. The Labute approximate surface area is 126 Å². The summed E-state index contributed by atoms with van der Waals surface area (Å²) in [6, 6.07) is 0. The Morgan fingerprint density at radius 1 is 0.800 bits per heavy atom. The maximum Gasteiger partial charge on any atom is 0.303 e. The molecule has 2 heteroatoms. The van der Waals surface area contributed by atoms with Gasteiger partial charge >= 0.3 is 5.97 Å². The first-order valence-electron chi connectivity index (χ1n) is 8.78. The number of hydrogen-bond acceptors (Lipinski definition) is 1. The van der Waals surface area contributed by atoms with E-state index in [2.05, 4.69) is 20.8 Å². The zero-order valence-electron chi connectivity index (χ0n) is 14.0. The summed E-state index contributed by atoms with van der Waals surface area (Å²) in [7, 11) is 0. The highest BCUT2D eigenvalue weighted by atomic mass is 16.4. The van der Waals surface area contributed by atoms with Crippen molar-refractivity contribution in [3.63, 3.8) is 0 Å². The smallest absolute Gasteiger partial charge is 0.303 e. The molecule has 0 heterocycles. The molecule has 0 aliphatic carbocycles. The van der Waals surface area contributed by atoms with Gasteiger partial charge in [-0.25, -0.2) is 0 Å². The van der Waals surface area contributed by atoms with Crippen LogP contribution in [0.25, 0.3) is 0 Å². The maximum absolute atomic E-state index is 10.4. The van der Waals surface area contributed by atoms with Crippen LogP contribution in [0, 0.1) is 11.8 Å². The third-order valence-corrected chi connectivity index (χ3v) is 4.43. The molecule has 2 unspecified atom stereocenters. The van der Waals surface area contributed by atoms with Gasteiger partial charge in [0.1, 0.15) is 0 Å². The second kappa shape index (κ2) is 13.5. The molecule has 0 spiro atoms. The summed E-state index contributed by atoms with van der Waals surface area (Å²) >= 11 is 0. The maximum atomic E-state index is 10.4. The van der Waals surface area contributed by atoms with E-state index in [0.717, 1.165) is 24.7 Å². The van der Waals surface area contributed by atoms with E-state index < -0.39 is 5.97 Å². The highest BCUT2D eigenvalue weighted by molar-refractivity contribution is 5.66. The van der Waals surface area contributed by atoms with Crippen LogP contribution in [0.3, 0.4) is 0 Å². The summed E-state index contributed by atoms with van der Waals surface area (Å²) in [5.74, 6) is 1.09. The van der Waals surface area contributed by atoms with E-state index in [0.29, 0.717) is 6.42 Å². The summed E-state index contributed by atoms with van der Waals surface area (Å²) < 4.78 is 0. The van der Waals surface area contributed by atoms with Gasteiger partial charge in [0.05, 0.1) is 0 Å². The molecule has 0 amide bonds. The summed E-state index contributed by atoms with van der Waals surface area (Å²) in [5, 5.41) is 8.55. The minimum absolute atomic E-state index is 0.339. The Balaban J connectivity index is 3.24. The summed E-state index contributed by atoms with van der Waals surface area (Å²) in [5.41, 5.74) is 0. The second-order valence-corrected chi connectivity index (χ2v) is 6.60. The molecule has 0 aromatic carbocycles. The zero-order chi connectivity index (χ0) is 15.2. The lowest BCUT2D eigenvalue weighted by Crippen LogP contribution is -1.97. The first-order valence-corrected chi connectivity index (χ1v) is 8.78. The van der Waals surface area contributed by atoms with E-state index >= 15 is 0 Å². The van der Waals surface area contributed by atoms with E-state index in [4.69, 9.17) is 5.11 Å². The highest BCUT2D eigenvalue weighted by Gasteiger charge is 2.03. The fourth-order valence-corrected chi connectivity index (χ4v) is 2.63. The lowest BCUT2D eigenvalue weighted by atomic mass is 9.95.